The van der Waals surface area contributed by atoms with E-state index in [2.05, 4.69) is 0 Å². The molecule has 13 heavy (non-hydrogen) atoms. The Morgan fingerprint density at radius 2 is 2.08 bits per heavy atom. The molecule has 3 nitrogen and oxygen atoms in total. The van der Waals surface area contributed by atoms with Crippen LogP contribution in [0.25, 0.3) is 0 Å². The molecule has 1 atom stereocenters. The molecule has 1 aliphatic heterocycles. The Hall–Kier alpha value is 0.104. The summed E-state index contributed by atoms with van der Waals surface area (Å²) in [7, 11) is 0. The summed E-state index contributed by atoms with van der Waals surface area (Å²) in [4.78, 5) is 23.5. The summed E-state index contributed by atoms with van der Waals surface area (Å²) in [6.07, 6.45) is 0. The first-order valence-corrected chi connectivity index (χ1v) is 4.33. The van der Waals surface area contributed by atoms with E-state index in [1.807, 2.05) is 0 Å². The molecule has 0 bridgehead atoms. The van der Waals surface area contributed by atoms with Crippen LogP contribution in [0.5, 0.6) is 0 Å². The van der Waals surface area contributed by atoms with Gasteiger partial charge in [0, 0.05) is 38.3 Å². The van der Waals surface area contributed by atoms with E-state index in [0.29, 0.717) is 10.4 Å². The van der Waals surface area contributed by atoms with Gasteiger partial charge in [0.2, 0.25) is 0 Å². The van der Waals surface area contributed by atoms with Gasteiger partial charge < -0.3 is 4.74 Å². The Bertz CT molecular complexity index is 373. The zero-order valence-corrected chi connectivity index (χ0v) is 10.1. The van der Waals surface area contributed by atoms with Gasteiger partial charge in [-0.05, 0) is 11.4 Å². The van der Waals surface area contributed by atoms with Crippen LogP contribution in [0.1, 0.15) is 20.0 Å². The number of hydrogen-bond donors (Lipinski definition) is 0. The number of carbonyl (C=O) groups excluding carboxylic acids is 2. The number of epoxide rings is 1. The number of fused-ring (bicyclic) bond motifs is 1. The van der Waals surface area contributed by atoms with Crippen molar-refractivity contribution in [2.75, 3.05) is 0 Å². The molecule has 1 spiro atoms. The van der Waals surface area contributed by atoms with Crippen molar-refractivity contribution in [2.24, 2.45) is 0 Å². The van der Waals surface area contributed by atoms with Crippen molar-refractivity contribution in [1.29, 1.82) is 0 Å². The molecule has 1 radical (unpaired) electrons. The molecule has 1 aromatic rings. The summed E-state index contributed by atoms with van der Waals surface area (Å²) in [5, 5.41) is 1.75. The van der Waals surface area contributed by atoms with Gasteiger partial charge in [0.1, 0.15) is 0 Å². The van der Waals surface area contributed by atoms with Crippen molar-refractivity contribution in [1.82, 2.24) is 0 Å². The summed E-state index contributed by atoms with van der Waals surface area (Å²) in [6.45, 7) is 1.31. The van der Waals surface area contributed by atoms with Crippen molar-refractivity contribution >= 4 is 22.9 Å². The van der Waals surface area contributed by atoms with Gasteiger partial charge in [-0.1, -0.05) is 0 Å². The largest absolute Gasteiger partial charge is 0.554 e. The minimum absolute atomic E-state index is 0. The molecule has 0 amide bonds. The van der Waals surface area contributed by atoms with E-state index in [-0.39, 0.29) is 44.3 Å². The van der Waals surface area contributed by atoms with E-state index < -0.39 is 5.60 Å². The minimum atomic E-state index is -1.19. The number of ketones is 2. The van der Waals surface area contributed by atoms with E-state index >= 15 is 0 Å². The maximum Gasteiger partial charge on any atom is 0.180 e. The fourth-order valence-electron chi connectivity index (χ4n) is 1.41. The van der Waals surface area contributed by atoms with E-state index in [4.69, 9.17) is 4.74 Å². The zero-order valence-electron chi connectivity index (χ0n) is 6.44. The van der Waals surface area contributed by atoms with Gasteiger partial charge in [-0.2, -0.15) is 6.61 Å². The third-order valence-corrected chi connectivity index (χ3v) is 3.06. The standard InChI is InChI=1S/C8H3O3S.Y/c9-6-4-1-2-12-5(4)7(10)8(6)3-11-8;/h1-3H;/q-1;. The number of rotatable bonds is 0. The predicted octanol–water partition coefficient (Wildman–Crippen LogP) is 1.06. The minimum Gasteiger partial charge on any atom is -0.554 e. The van der Waals surface area contributed by atoms with Crippen LogP contribution in [0.3, 0.4) is 0 Å². The Morgan fingerprint density at radius 1 is 1.38 bits per heavy atom. The van der Waals surface area contributed by atoms with Crippen molar-refractivity contribution in [2.45, 2.75) is 5.60 Å². The Labute approximate surface area is 103 Å². The normalized spacial score (nSPS) is 28.9. The van der Waals surface area contributed by atoms with Crippen LogP contribution in [0.4, 0.5) is 0 Å². The summed E-state index contributed by atoms with van der Waals surface area (Å²) in [5.41, 5.74) is -0.679. The second-order valence-corrected chi connectivity index (χ2v) is 3.71. The number of thiophene rings is 1. The third kappa shape index (κ3) is 1.00. The van der Waals surface area contributed by atoms with Crippen molar-refractivity contribution in [3.8, 4) is 0 Å². The van der Waals surface area contributed by atoms with Gasteiger partial charge in [0.25, 0.3) is 0 Å². The smallest absolute Gasteiger partial charge is 0.180 e. The van der Waals surface area contributed by atoms with E-state index in [1.165, 1.54) is 17.9 Å². The Balaban J connectivity index is 0.000000653. The summed E-state index contributed by atoms with van der Waals surface area (Å²) < 4.78 is 4.80. The average Bonchev–Trinajstić information content (AvgIpc) is 2.69. The van der Waals surface area contributed by atoms with Crippen LogP contribution in [0, 0.1) is 6.61 Å². The van der Waals surface area contributed by atoms with Gasteiger partial charge in [0.05, 0.1) is 10.5 Å². The Kier molecular flexibility index (Phi) is 2.08. The molecule has 1 aliphatic carbocycles. The van der Waals surface area contributed by atoms with Gasteiger partial charge in [-0.3, -0.25) is 9.59 Å². The first-order valence-electron chi connectivity index (χ1n) is 3.45. The van der Waals surface area contributed by atoms with Gasteiger partial charge in [-0.25, -0.2) is 0 Å². The summed E-state index contributed by atoms with van der Waals surface area (Å²) in [6, 6.07) is 1.67. The fraction of sp³-hybridized carbons (Fsp3) is 0.125. The molecule has 1 fully saturated rings. The molecular weight excluding hydrogens is 265 g/mol. The number of Topliss-reactive ketones (excluding diaryl/α,β-unsaturated/α-hetero) is 2. The SMILES string of the molecule is O=C1c2ccsc2C(=O)C12[CH-]O2.[Y]. The van der Waals surface area contributed by atoms with Gasteiger partial charge >= 0.3 is 0 Å². The van der Waals surface area contributed by atoms with E-state index in [0.717, 1.165) is 0 Å². The van der Waals surface area contributed by atoms with Crippen molar-refractivity contribution in [3.05, 3.63) is 28.5 Å². The average molecular weight is 268 g/mol. The molecular formula is C8H3O3SY-. The third-order valence-electron chi connectivity index (χ3n) is 2.14. The van der Waals surface area contributed by atoms with Crippen LogP contribution < -0.4 is 0 Å². The summed E-state index contributed by atoms with van der Waals surface area (Å²) >= 11 is 1.30. The maximum atomic E-state index is 11.5. The van der Waals surface area contributed by atoms with Gasteiger partial charge in [0.15, 0.2) is 11.6 Å². The summed E-state index contributed by atoms with van der Waals surface area (Å²) in [5.74, 6) is -0.402. The number of hydrogen-bond acceptors (Lipinski definition) is 4. The molecule has 1 saturated heterocycles. The van der Waals surface area contributed by atoms with Crippen LogP contribution >= 0.6 is 11.3 Å². The van der Waals surface area contributed by atoms with Crippen LogP contribution in [0.2, 0.25) is 0 Å². The van der Waals surface area contributed by atoms with Crippen LogP contribution in [-0.4, -0.2) is 17.2 Å². The van der Waals surface area contributed by atoms with E-state index in [1.54, 1.807) is 11.4 Å². The molecule has 3 rings (SSSR count). The second-order valence-electron chi connectivity index (χ2n) is 2.79. The topological polar surface area (TPSA) is 46.7 Å². The molecule has 0 saturated carbocycles. The fourth-order valence-corrected chi connectivity index (χ4v) is 2.30. The molecule has 0 N–H and O–H groups in total. The predicted molar refractivity (Wildman–Crippen MR) is 41.1 cm³/mol. The van der Waals surface area contributed by atoms with Crippen molar-refractivity contribution in [3.63, 3.8) is 0 Å². The zero-order chi connectivity index (χ0) is 8.34. The van der Waals surface area contributed by atoms with Crippen LogP contribution in [0.15, 0.2) is 11.4 Å². The molecule has 5 heteroatoms. The Morgan fingerprint density at radius 3 is 2.62 bits per heavy atom. The maximum absolute atomic E-state index is 11.5. The first kappa shape index (κ1) is 9.65. The van der Waals surface area contributed by atoms with Crippen LogP contribution in [-0.2, 0) is 37.4 Å². The van der Waals surface area contributed by atoms with E-state index in [9.17, 15) is 9.59 Å². The molecule has 2 aliphatic rings. The molecule has 2 heterocycles. The van der Waals surface area contributed by atoms with Crippen molar-refractivity contribution < 1.29 is 47.0 Å². The molecule has 63 valence electrons. The molecule has 0 aromatic carbocycles. The van der Waals surface area contributed by atoms with Gasteiger partial charge in [-0.15, -0.1) is 11.3 Å². The monoisotopic (exact) mass is 268 g/mol. The molecule has 1 unspecified atom stereocenters. The number of ether oxygens (including phenoxy) is 1. The first-order chi connectivity index (χ1) is 5.76. The number of carbonyl (C=O) groups is 2. The molecule has 1 aromatic heterocycles. The second kappa shape index (κ2) is 2.80. The quantitative estimate of drug-likeness (QED) is 0.401.